The fourth-order valence-electron chi connectivity index (χ4n) is 9.52. The van der Waals surface area contributed by atoms with Crippen LogP contribution in [0.4, 0.5) is 0 Å². The Kier molecular flexibility index (Phi) is 2.88. The average molecular weight is 348 g/mol. The van der Waals surface area contributed by atoms with Gasteiger partial charge in [-0.25, -0.2) is 0 Å². The van der Waals surface area contributed by atoms with Crippen LogP contribution in [0.5, 0.6) is 0 Å². The summed E-state index contributed by atoms with van der Waals surface area (Å²) >= 11 is 0. The maximum Gasteiger partial charge on any atom is 0.0469 e. The summed E-state index contributed by atoms with van der Waals surface area (Å²) in [6.07, 6.45) is 17.9. The van der Waals surface area contributed by atoms with Crippen molar-refractivity contribution >= 4 is 0 Å². The van der Waals surface area contributed by atoms with Crippen LogP contribution in [-0.4, -0.2) is 4.98 Å². The Hall–Kier alpha value is -0.850. The van der Waals surface area contributed by atoms with Gasteiger partial charge in [-0.2, -0.15) is 0 Å². The number of aromatic nitrogens is 1. The largest absolute Gasteiger partial charge is 0.257 e. The summed E-state index contributed by atoms with van der Waals surface area (Å²) in [5.41, 5.74) is 3.94. The molecule has 1 heterocycles. The van der Waals surface area contributed by atoms with Crippen LogP contribution < -0.4 is 0 Å². The first-order valence-corrected chi connectivity index (χ1v) is 11.7. The van der Waals surface area contributed by atoms with Gasteiger partial charge in [0.25, 0.3) is 0 Å². The van der Waals surface area contributed by atoms with E-state index >= 15 is 0 Å². The summed E-state index contributed by atoms with van der Waals surface area (Å²) in [6, 6.07) is 7.24. The molecule has 1 nitrogen and oxygen atoms in total. The molecule has 0 amide bonds. The molecule has 26 heavy (non-hydrogen) atoms. The molecule has 1 aromatic rings. The van der Waals surface area contributed by atoms with Crippen LogP contribution in [0.3, 0.4) is 0 Å². The predicted molar refractivity (Wildman–Crippen MR) is 104 cm³/mol. The number of fused-ring (bicyclic) bond motifs is 4. The van der Waals surface area contributed by atoms with E-state index in [2.05, 4.69) is 18.2 Å². The first-order valence-electron chi connectivity index (χ1n) is 11.7. The van der Waals surface area contributed by atoms with Crippen molar-refractivity contribution in [1.29, 1.82) is 0 Å². The lowest BCUT2D eigenvalue weighted by Crippen LogP contribution is -2.41. The molecule has 8 atom stereocenters. The Morgan fingerprint density at radius 3 is 1.69 bits per heavy atom. The second-order valence-electron chi connectivity index (χ2n) is 11.6. The topological polar surface area (TPSA) is 12.9 Å². The summed E-state index contributed by atoms with van der Waals surface area (Å²) < 4.78 is 0. The predicted octanol–water partition coefficient (Wildman–Crippen LogP) is 6.02. The first kappa shape index (κ1) is 15.1. The maximum atomic E-state index is 5.55. The number of hydrogen-bond donors (Lipinski definition) is 0. The smallest absolute Gasteiger partial charge is 0.0469 e. The van der Waals surface area contributed by atoms with E-state index in [1.165, 1.54) is 62.8 Å². The molecule has 0 saturated heterocycles. The molecule has 0 spiro atoms. The molecule has 8 unspecified atom stereocenters. The van der Waals surface area contributed by atoms with E-state index in [9.17, 15) is 0 Å². The van der Waals surface area contributed by atoms with Gasteiger partial charge < -0.3 is 0 Å². The zero-order valence-electron chi connectivity index (χ0n) is 16.1. The lowest BCUT2D eigenvalue weighted by Gasteiger charge is -2.47. The highest BCUT2D eigenvalue weighted by atomic mass is 14.8. The zero-order valence-corrected chi connectivity index (χ0v) is 16.1. The van der Waals surface area contributed by atoms with Gasteiger partial charge in [-0.05, 0) is 125 Å². The second kappa shape index (κ2) is 4.95. The third kappa shape index (κ3) is 1.91. The molecule has 6 saturated carbocycles. The zero-order chi connectivity index (χ0) is 16.9. The van der Waals surface area contributed by atoms with Crippen LogP contribution in [0.1, 0.15) is 88.4 Å². The molecule has 0 aromatic carbocycles. The van der Waals surface area contributed by atoms with Gasteiger partial charge in [0.05, 0.1) is 0 Å². The van der Waals surface area contributed by atoms with E-state index in [1.807, 2.05) is 0 Å². The Balaban J connectivity index is 1.28. The summed E-state index contributed by atoms with van der Waals surface area (Å²) in [4.78, 5) is 5.55. The summed E-state index contributed by atoms with van der Waals surface area (Å²) in [7, 11) is 0. The normalized spacial score (nSPS) is 53.4. The van der Waals surface area contributed by atoms with Crippen LogP contribution in [0.15, 0.2) is 18.2 Å². The summed E-state index contributed by atoms with van der Waals surface area (Å²) in [6.45, 7) is 0. The molecular formula is C25H33N. The third-order valence-corrected chi connectivity index (χ3v) is 10.4. The second-order valence-corrected chi connectivity index (χ2v) is 11.6. The van der Waals surface area contributed by atoms with Crippen LogP contribution in [0.25, 0.3) is 0 Å². The quantitative estimate of drug-likeness (QED) is 0.637. The van der Waals surface area contributed by atoms with Crippen molar-refractivity contribution in [1.82, 2.24) is 4.98 Å². The van der Waals surface area contributed by atoms with Gasteiger partial charge >= 0.3 is 0 Å². The van der Waals surface area contributed by atoms with Crippen molar-refractivity contribution in [3.05, 3.63) is 29.6 Å². The minimum atomic E-state index is 0.456. The van der Waals surface area contributed by atoms with Gasteiger partial charge in [-0.3, -0.25) is 4.98 Å². The molecule has 7 rings (SSSR count). The van der Waals surface area contributed by atoms with E-state index in [0.717, 1.165) is 35.5 Å². The Labute approximate surface area is 158 Å². The standard InChI is InChI=1S/C25H33N/c1-2-22(24-6-4-18-8-16(12-24)10-20(18)14-24)26-23(3-1)25-7-5-19-9-17(13-25)11-21(19)15-25/h1-3,16-21H,4-15H2. The lowest BCUT2D eigenvalue weighted by atomic mass is 9.59. The fourth-order valence-corrected chi connectivity index (χ4v) is 9.52. The van der Waals surface area contributed by atoms with E-state index in [4.69, 9.17) is 4.98 Å². The molecule has 1 aromatic heterocycles. The van der Waals surface area contributed by atoms with Crippen LogP contribution in [0, 0.1) is 35.5 Å². The molecule has 6 fully saturated rings. The SMILES string of the molecule is c1cc(C23CCC4CC(CC4C2)C3)nc(C23CCC4CC(CC4C2)C3)c1. The average Bonchev–Trinajstić information content (AvgIpc) is 3.00. The van der Waals surface area contributed by atoms with Crippen molar-refractivity contribution in [2.45, 2.75) is 87.9 Å². The Morgan fingerprint density at radius 2 is 1.15 bits per heavy atom. The molecular weight excluding hydrogens is 314 g/mol. The molecule has 6 bridgehead atoms. The monoisotopic (exact) mass is 347 g/mol. The minimum absolute atomic E-state index is 0.456. The van der Waals surface area contributed by atoms with Gasteiger partial charge in [-0.1, -0.05) is 6.07 Å². The molecule has 0 radical (unpaired) electrons. The number of rotatable bonds is 2. The summed E-state index contributed by atoms with van der Waals surface area (Å²) in [5.74, 6) is 6.25. The third-order valence-electron chi connectivity index (χ3n) is 10.4. The van der Waals surface area contributed by atoms with Crippen molar-refractivity contribution in [3.8, 4) is 0 Å². The maximum absolute atomic E-state index is 5.55. The van der Waals surface area contributed by atoms with E-state index in [-0.39, 0.29) is 0 Å². The highest BCUT2D eigenvalue weighted by Crippen LogP contribution is 2.63. The highest BCUT2D eigenvalue weighted by molar-refractivity contribution is 5.29. The highest BCUT2D eigenvalue weighted by Gasteiger charge is 2.55. The molecule has 138 valence electrons. The van der Waals surface area contributed by atoms with Crippen LogP contribution in [-0.2, 0) is 10.8 Å². The molecule has 6 aliphatic rings. The van der Waals surface area contributed by atoms with Crippen molar-refractivity contribution in [2.24, 2.45) is 35.5 Å². The molecule has 0 aliphatic heterocycles. The van der Waals surface area contributed by atoms with E-state index in [0.29, 0.717) is 10.8 Å². The van der Waals surface area contributed by atoms with Gasteiger partial charge in [-0.15, -0.1) is 0 Å². The van der Waals surface area contributed by atoms with Crippen LogP contribution >= 0.6 is 0 Å². The lowest BCUT2D eigenvalue weighted by molar-refractivity contribution is 0.126. The molecule has 6 aliphatic carbocycles. The van der Waals surface area contributed by atoms with E-state index < -0.39 is 0 Å². The Bertz CT molecular complexity index is 687. The van der Waals surface area contributed by atoms with Crippen molar-refractivity contribution in [2.75, 3.05) is 0 Å². The summed E-state index contributed by atoms with van der Waals surface area (Å²) in [5, 5.41) is 0. The van der Waals surface area contributed by atoms with Gasteiger partial charge in [0.15, 0.2) is 0 Å². The molecule has 1 heteroatoms. The Morgan fingerprint density at radius 1 is 0.654 bits per heavy atom. The number of pyridine rings is 1. The van der Waals surface area contributed by atoms with Gasteiger partial charge in [0, 0.05) is 22.2 Å². The number of nitrogens with zero attached hydrogens (tertiary/aromatic N) is 1. The minimum Gasteiger partial charge on any atom is -0.257 e. The van der Waals surface area contributed by atoms with Gasteiger partial charge in [0.2, 0.25) is 0 Å². The molecule has 0 N–H and O–H groups in total. The van der Waals surface area contributed by atoms with Crippen molar-refractivity contribution < 1.29 is 0 Å². The first-order chi connectivity index (χ1) is 12.7. The van der Waals surface area contributed by atoms with E-state index in [1.54, 1.807) is 25.7 Å². The van der Waals surface area contributed by atoms with Crippen molar-refractivity contribution in [3.63, 3.8) is 0 Å². The number of hydrogen-bond acceptors (Lipinski definition) is 1. The fraction of sp³-hybridized carbons (Fsp3) is 0.800. The van der Waals surface area contributed by atoms with Gasteiger partial charge in [0.1, 0.15) is 0 Å². The van der Waals surface area contributed by atoms with Crippen LogP contribution in [0.2, 0.25) is 0 Å².